The van der Waals surface area contributed by atoms with Crippen molar-refractivity contribution in [2.45, 2.75) is 24.8 Å². The second-order valence-electron chi connectivity index (χ2n) is 6.68. The van der Waals surface area contributed by atoms with E-state index in [0.717, 1.165) is 17.7 Å². The van der Waals surface area contributed by atoms with Crippen LogP contribution in [-0.4, -0.2) is 26.8 Å². The Morgan fingerprint density at radius 2 is 1.96 bits per heavy atom. The molecule has 1 atom stereocenters. The summed E-state index contributed by atoms with van der Waals surface area (Å²) in [7, 11) is 0. The van der Waals surface area contributed by atoms with E-state index in [2.05, 4.69) is 10.4 Å². The van der Waals surface area contributed by atoms with E-state index in [0.29, 0.717) is 24.0 Å². The molecule has 136 valence electrons. The molecule has 0 bridgehead atoms. The van der Waals surface area contributed by atoms with E-state index in [-0.39, 0.29) is 0 Å². The summed E-state index contributed by atoms with van der Waals surface area (Å²) in [6.07, 6.45) is 5.33. The van der Waals surface area contributed by atoms with Crippen molar-refractivity contribution < 1.29 is 14.7 Å². The summed E-state index contributed by atoms with van der Waals surface area (Å²) in [5.74, 6) is -1.45. The Labute approximate surface area is 156 Å². The van der Waals surface area contributed by atoms with E-state index in [9.17, 15) is 14.7 Å². The third-order valence-electron chi connectivity index (χ3n) is 5.04. The lowest BCUT2D eigenvalue weighted by Crippen LogP contribution is -2.53. The molecule has 0 aliphatic heterocycles. The van der Waals surface area contributed by atoms with E-state index in [4.69, 9.17) is 0 Å². The Hall–Kier alpha value is -3.41. The Balaban J connectivity index is 1.69. The lowest BCUT2D eigenvalue weighted by Gasteiger charge is -2.36. The maximum absolute atomic E-state index is 13.0. The predicted molar refractivity (Wildman–Crippen MR) is 99.7 cm³/mol. The fourth-order valence-electron chi connectivity index (χ4n) is 3.72. The number of aryl methyl sites for hydroxylation is 1. The standard InChI is InChI=1S/C21H19N3O3/c25-19(16-7-3-9-17(14-16)24-13-5-12-22-24)23-21(20(26)27)11-4-8-15-6-1-2-10-18(15)21/h1-3,5-7,9-10,12-14H,4,8,11H2,(H,23,25)(H,26,27). The molecule has 6 heteroatoms. The van der Waals surface area contributed by atoms with Crippen molar-refractivity contribution in [2.75, 3.05) is 0 Å². The summed E-state index contributed by atoms with van der Waals surface area (Å²) in [6, 6.07) is 16.2. The highest BCUT2D eigenvalue weighted by molar-refractivity contribution is 5.98. The number of fused-ring (bicyclic) bond motifs is 1. The number of aromatic nitrogens is 2. The van der Waals surface area contributed by atoms with Gasteiger partial charge in [0.1, 0.15) is 0 Å². The molecule has 1 aliphatic rings. The Morgan fingerprint density at radius 3 is 2.74 bits per heavy atom. The number of nitrogens with one attached hydrogen (secondary N) is 1. The zero-order valence-electron chi connectivity index (χ0n) is 14.6. The summed E-state index contributed by atoms with van der Waals surface area (Å²) in [5.41, 5.74) is 1.36. The highest BCUT2D eigenvalue weighted by Crippen LogP contribution is 2.36. The van der Waals surface area contributed by atoms with Gasteiger partial charge in [-0.25, -0.2) is 9.48 Å². The number of nitrogens with zero attached hydrogens (tertiary/aromatic N) is 2. The lowest BCUT2D eigenvalue weighted by molar-refractivity contribution is -0.145. The van der Waals surface area contributed by atoms with Crippen LogP contribution in [0.15, 0.2) is 67.0 Å². The molecule has 2 N–H and O–H groups in total. The van der Waals surface area contributed by atoms with Gasteiger partial charge >= 0.3 is 5.97 Å². The van der Waals surface area contributed by atoms with Crippen LogP contribution < -0.4 is 5.32 Å². The Morgan fingerprint density at radius 1 is 1.11 bits per heavy atom. The van der Waals surface area contributed by atoms with Crippen molar-refractivity contribution in [3.8, 4) is 5.69 Å². The molecular weight excluding hydrogens is 342 g/mol. The van der Waals surface area contributed by atoms with Gasteiger partial charge in [0.25, 0.3) is 5.91 Å². The molecule has 1 aliphatic carbocycles. The number of carbonyl (C=O) groups excluding carboxylic acids is 1. The van der Waals surface area contributed by atoms with E-state index >= 15 is 0 Å². The molecule has 1 amide bonds. The van der Waals surface area contributed by atoms with Crippen LogP contribution in [0.3, 0.4) is 0 Å². The molecule has 6 nitrogen and oxygen atoms in total. The van der Waals surface area contributed by atoms with E-state index in [1.807, 2.05) is 24.3 Å². The molecule has 1 heterocycles. The Bertz CT molecular complexity index is 997. The predicted octanol–water partition coefficient (Wildman–Crippen LogP) is 2.92. The third-order valence-corrected chi connectivity index (χ3v) is 5.04. The van der Waals surface area contributed by atoms with Crippen molar-refractivity contribution in [1.29, 1.82) is 0 Å². The number of carbonyl (C=O) groups is 2. The molecule has 3 aromatic rings. The van der Waals surface area contributed by atoms with E-state index in [1.54, 1.807) is 47.4 Å². The Kier molecular flexibility index (Phi) is 4.24. The van der Waals surface area contributed by atoms with Gasteiger partial charge in [-0.2, -0.15) is 5.10 Å². The third kappa shape index (κ3) is 2.99. The van der Waals surface area contributed by atoms with Gasteiger partial charge in [0.05, 0.1) is 5.69 Å². The van der Waals surface area contributed by atoms with Crippen molar-refractivity contribution in [2.24, 2.45) is 0 Å². The zero-order chi connectivity index (χ0) is 18.9. The van der Waals surface area contributed by atoms with Gasteiger partial charge in [-0.3, -0.25) is 4.79 Å². The van der Waals surface area contributed by atoms with Crippen LogP contribution in [0, 0.1) is 0 Å². The minimum atomic E-state index is -1.41. The number of amides is 1. The summed E-state index contributed by atoms with van der Waals surface area (Å²) in [6.45, 7) is 0. The number of carboxylic acid groups (broad SMARTS) is 1. The number of carboxylic acids is 1. The van der Waals surface area contributed by atoms with Gasteiger partial charge in [-0.15, -0.1) is 0 Å². The molecule has 0 spiro atoms. The van der Waals surface area contributed by atoms with Crippen LogP contribution in [0.2, 0.25) is 0 Å². The number of hydrogen-bond donors (Lipinski definition) is 2. The normalized spacial score (nSPS) is 18.5. The molecule has 1 unspecified atom stereocenters. The van der Waals surface area contributed by atoms with Crippen molar-refractivity contribution in [3.05, 3.63) is 83.7 Å². The second kappa shape index (κ2) is 6.72. The van der Waals surface area contributed by atoms with Gasteiger partial charge < -0.3 is 10.4 Å². The smallest absolute Gasteiger partial charge is 0.334 e. The molecular formula is C21H19N3O3. The minimum absolute atomic E-state index is 0.365. The largest absolute Gasteiger partial charge is 0.479 e. The first kappa shape index (κ1) is 17.0. The molecule has 2 aromatic carbocycles. The second-order valence-corrected chi connectivity index (χ2v) is 6.68. The summed E-state index contributed by atoms with van der Waals surface area (Å²) < 4.78 is 1.65. The lowest BCUT2D eigenvalue weighted by atomic mass is 9.76. The van der Waals surface area contributed by atoms with Crippen molar-refractivity contribution in [1.82, 2.24) is 15.1 Å². The first-order valence-corrected chi connectivity index (χ1v) is 8.84. The highest BCUT2D eigenvalue weighted by atomic mass is 16.4. The monoisotopic (exact) mass is 361 g/mol. The van der Waals surface area contributed by atoms with Crippen LogP contribution in [0.25, 0.3) is 5.69 Å². The first-order valence-electron chi connectivity index (χ1n) is 8.84. The zero-order valence-corrected chi connectivity index (χ0v) is 14.6. The van der Waals surface area contributed by atoms with Gasteiger partial charge in [-0.1, -0.05) is 30.3 Å². The summed E-state index contributed by atoms with van der Waals surface area (Å²) in [5, 5.41) is 17.0. The van der Waals surface area contributed by atoms with Crippen LogP contribution in [0.4, 0.5) is 0 Å². The SMILES string of the molecule is O=C(NC1(C(=O)O)CCCc2ccccc21)c1cccc(-n2cccn2)c1. The van der Waals surface area contributed by atoms with E-state index < -0.39 is 17.4 Å². The molecule has 0 saturated carbocycles. The maximum atomic E-state index is 13.0. The first-order chi connectivity index (χ1) is 13.1. The quantitative estimate of drug-likeness (QED) is 0.748. The number of rotatable bonds is 4. The van der Waals surface area contributed by atoms with Crippen LogP contribution >= 0.6 is 0 Å². The van der Waals surface area contributed by atoms with Crippen LogP contribution in [0.5, 0.6) is 0 Å². The van der Waals surface area contributed by atoms with Crippen molar-refractivity contribution >= 4 is 11.9 Å². The number of benzene rings is 2. The maximum Gasteiger partial charge on any atom is 0.334 e. The molecule has 0 fully saturated rings. The molecule has 0 radical (unpaired) electrons. The van der Waals surface area contributed by atoms with Gasteiger partial charge in [0.2, 0.25) is 0 Å². The van der Waals surface area contributed by atoms with E-state index in [1.165, 1.54) is 0 Å². The van der Waals surface area contributed by atoms with Crippen LogP contribution in [-0.2, 0) is 16.8 Å². The van der Waals surface area contributed by atoms with Gasteiger partial charge in [0.15, 0.2) is 5.54 Å². The minimum Gasteiger partial charge on any atom is -0.479 e. The molecule has 0 saturated heterocycles. The molecule has 1 aromatic heterocycles. The average molecular weight is 361 g/mol. The average Bonchev–Trinajstić information content (AvgIpc) is 3.23. The topological polar surface area (TPSA) is 84.2 Å². The van der Waals surface area contributed by atoms with Gasteiger partial charge in [0, 0.05) is 18.0 Å². The highest BCUT2D eigenvalue weighted by Gasteiger charge is 2.45. The summed E-state index contributed by atoms with van der Waals surface area (Å²) in [4.78, 5) is 25.2. The fourth-order valence-corrected chi connectivity index (χ4v) is 3.72. The number of hydrogen-bond acceptors (Lipinski definition) is 3. The fraction of sp³-hybridized carbons (Fsp3) is 0.190. The molecule has 27 heavy (non-hydrogen) atoms. The summed E-state index contributed by atoms with van der Waals surface area (Å²) >= 11 is 0. The number of aliphatic carboxylic acids is 1. The van der Waals surface area contributed by atoms with Crippen LogP contribution in [0.1, 0.15) is 34.3 Å². The van der Waals surface area contributed by atoms with Gasteiger partial charge in [-0.05, 0) is 54.7 Å². The van der Waals surface area contributed by atoms with Crippen molar-refractivity contribution in [3.63, 3.8) is 0 Å². The molecule has 4 rings (SSSR count).